The maximum Gasteiger partial charge on any atom is 0.0482 e. The highest BCUT2D eigenvalue weighted by Crippen LogP contribution is 2.28. The number of hydrogen-bond acceptors (Lipinski definition) is 0. The molecule has 0 saturated heterocycles. The molecule has 0 aliphatic heterocycles. The lowest BCUT2D eigenvalue weighted by Gasteiger charge is -2.01. The lowest BCUT2D eigenvalue weighted by molar-refractivity contribution is 0.893. The molecule has 0 fully saturated rings. The molecular weight excluding hydrogens is 194 g/mol. The summed E-state index contributed by atoms with van der Waals surface area (Å²) >= 11 is 0. The summed E-state index contributed by atoms with van der Waals surface area (Å²) in [6, 6.07) is 0. The highest BCUT2D eigenvalue weighted by Gasteiger charge is 2.14. The van der Waals surface area contributed by atoms with E-state index in [1.165, 1.54) is 22.5 Å². The Morgan fingerprint density at radius 3 is 2.75 bits per heavy atom. The van der Waals surface area contributed by atoms with Crippen LogP contribution < -0.4 is 0 Å². The normalized spacial score (nSPS) is 14.4. The number of nitrogens with zero attached hydrogens (tertiary/aromatic N) is 1. The fraction of sp³-hybridized carbons (Fsp3) is 0.333. The molecule has 0 radical (unpaired) electrons. The smallest absolute Gasteiger partial charge is 0.0482 e. The molecule has 1 aliphatic rings. The van der Waals surface area contributed by atoms with Gasteiger partial charge in [0.05, 0.1) is 0 Å². The van der Waals surface area contributed by atoms with Gasteiger partial charge in [0.2, 0.25) is 0 Å². The maximum absolute atomic E-state index is 2.29. The number of hydrogen-bond donors (Lipinski definition) is 0. The zero-order valence-corrected chi connectivity index (χ0v) is 10.3. The van der Waals surface area contributed by atoms with Crippen molar-refractivity contribution in [2.45, 2.75) is 26.7 Å². The Morgan fingerprint density at radius 2 is 2.06 bits per heavy atom. The summed E-state index contributed by atoms with van der Waals surface area (Å²) in [6.07, 6.45) is 15.4. The highest BCUT2D eigenvalue weighted by molar-refractivity contribution is 5.73. The largest absolute Gasteiger partial charge is 0.344 e. The number of fused-ring (bicyclic) bond motifs is 1. The van der Waals surface area contributed by atoms with Crippen LogP contribution >= 0.6 is 0 Å². The van der Waals surface area contributed by atoms with Gasteiger partial charge < -0.3 is 4.57 Å². The second kappa shape index (κ2) is 4.56. The molecule has 1 heteroatoms. The third kappa shape index (κ3) is 1.67. The zero-order valence-electron chi connectivity index (χ0n) is 10.3. The number of rotatable bonds is 2. The quantitative estimate of drug-likeness (QED) is 0.698. The summed E-state index contributed by atoms with van der Waals surface area (Å²) < 4.78 is 2.29. The van der Waals surface area contributed by atoms with Crippen LogP contribution in [0.3, 0.4) is 0 Å². The van der Waals surface area contributed by atoms with Crippen LogP contribution in [-0.2, 0) is 13.5 Å². The lowest BCUT2D eigenvalue weighted by atomic mass is 10.1. The summed E-state index contributed by atoms with van der Waals surface area (Å²) in [5, 5.41) is 0. The molecule has 0 aromatic carbocycles. The molecule has 0 saturated carbocycles. The van der Waals surface area contributed by atoms with Crippen LogP contribution in [0.25, 0.3) is 18.2 Å². The van der Waals surface area contributed by atoms with Crippen LogP contribution in [0.15, 0.2) is 18.2 Å². The Morgan fingerprint density at radius 1 is 1.31 bits per heavy atom. The summed E-state index contributed by atoms with van der Waals surface area (Å²) in [6.45, 7) is 4.30. The molecule has 2 rings (SSSR count). The van der Waals surface area contributed by atoms with Crippen molar-refractivity contribution in [2.24, 2.45) is 7.05 Å². The zero-order chi connectivity index (χ0) is 11.5. The van der Waals surface area contributed by atoms with Gasteiger partial charge in [0.25, 0.3) is 0 Å². The molecule has 0 atom stereocenters. The third-order valence-electron chi connectivity index (χ3n) is 3.14. The minimum atomic E-state index is 1.04. The first-order valence-corrected chi connectivity index (χ1v) is 5.96. The minimum Gasteiger partial charge on any atom is -0.344 e. The van der Waals surface area contributed by atoms with E-state index in [1.807, 2.05) is 0 Å². The van der Waals surface area contributed by atoms with Crippen molar-refractivity contribution in [2.75, 3.05) is 0 Å². The van der Waals surface area contributed by atoms with Gasteiger partial charge in [-0.05, 0) is 37.5 Å². The third-order valence-corrected chi connectivity index (χ3v) is 3.14. The van der Waals surface area contributed by atoms with Gasteiger partial charge in [-0.1, -0.05) is 31.2 Å². The Hall–Kier alpha value is -1.50. The maximum atomic E-state index is 2.29. The monoisotopic (exact) mass is 213 g/mol. The van der Waals surface area contributed by atoms with Crippen LogP contribution in [0.2, 0.25) is 0 Å². The minimum absolute atomic E-state index is 1.04. The van der Waals surface area contributed by atoms with Crippen molar-refractivity contribution < 1.29 is 0 Å². The van der Waals surface area contributed by atoms with E-state index in [9.17, 15) is 0 Å². The van der Waals surface area contributed by atoms with Crippen molar-refractivity contribution in [3.8, 4) is 0 Å². The van der Waals surface area contributed by atoms with Gasteiger partial charge in [0, 0.05) is 24.0 Å². The van der Waals surface area contributed by atoms with E-state index in [1.54, 1.807) is 0 Å². The summed E-state index contributed by atoms with van der Waals surface area (Å²) in [5.74, 6) is 0. The van der Waals surface area contributed by atoms with Crippen LogP contribution in [-0.4, -0.2) is 4.57 Å². The van der Waals surface area contributed by atoms with Crippen LogP contribution in [0.5, 0.6) is 0 Å². The van der Waals surface area contributed by atoms with E-state index in [-0.39, 0.29) is 0 Å². The first-order valence-electron chi connectivity index (χ1n) is 5.96. The summed E-state index contributed by atoms with van der Waals surface area (Å²) in [7, 11) is 2.15. The van der Waals surface area contributed by atoms with Gasteiger partial charge in [-0.25, -0.2) is 0 Å². The average Bonchev–Trinajstić information content (AvgIpc) is 2.49. The van der Waals surface area contributed by atoms with E-state index >= 15 is 0 Å². The fourth-order valence-corrected chi connectivity index (χ4v) is 2.38. The van der Waals surface area contributed by atoms with E-state index in [0.29, 0.717) is 0 Å². The van der Waals surface area contributed by atoms with E-state index in [0.717, 1.165) is 12.8 Å². The highest BCUT2D eigenvalue weighted by atomic mass is 15.0. The summed E-state index contributed by atoms with van der Waals surface area (Å²) in [4.78, 5) is 0. The number of aromatic nitrogens is 1. The first kappa shape index (κ1) is 11.0. The topological polar surface area (TPSA) is 4.93 Å². The predicted molar refractivity (Wildman–Crippen MR) is 72.2 cm³/mol. The standard InChI is InChI=1S/C15H19N/c1-4-9-14-12(5-2)13-10-7-6-8-11-15(13)16(14)3/h4,7-11H,5-6H2,1-3H3. The van der Waals surface area contributed by atoms with Gasteiger partial charge in [0.15, 0.2) is 0 Å². The van der Waals surface area contributed by atoms with Crippen LogP contribution in [0, 0.1) is 0 Å². The van der Waals surface area contributed by atoms with Gasteiger partial charge in [0.1, 0.15) is 0 Å². The molecule has 0 N–H and O–H groups in total. The molecule has 1 heterocycles. The van der Waals surface area contributed by atoms with Gasteiger partial charge in [-0.3, -0.25) is 0 Å². The second-order valence-electron chi connectivity index (χ2n) is 4.12. The van der Waals surface area contributed by atoms with Crippen molar-refractivity contribution in [1.82, 2.24) is 4.57 Å². The van der Waals surface area contributed by atoms with Crippen molar-refractivity contribution in [1.29, 1.82) is 0 Å². The number of allylic oxidation sites excluding steroid dienone is 3. The average molecular weight is 213 g/mol. The Labute approximate surface area is 97.8 Å². The molecular formula is C15H19N. The second-order valence-corrected chi connectivity index (χ2v) is 4.12. The molecule has 1 aromatic heterocycles. The molecule has 1 aromatic rings. The molecule has 0 amide bonds. The van der Waals surface area contributed by atoms with Crippen molar-refractivity contribution >= 4 is 18.2 Å². The molecule has 84 valence electrons. The molecule has 0 bridgehead atoms. The van der Waals surface area contributed by atoms with E-state index in [2.05, 4.69) is 61.9 Å². The van der Waals surface area contributed by atoms with E-state index < -0.39 is 0 Å². The van der Waals surface area contributed by atoms with Crippen LogP contribution in [0.4, 0.5) is 0 Å². The molecule has 0 unspecified atom stereocenters. The lowest BCUT2D eigenvalue weighted by Crippen LogP contribution is -1.94. The molecule has 1 aliphatic carbocycles. The summed E-state index contributed by atoms with van der Waals surface area (Å²) in [5.41, 5.74) is 5.52. The van der Waals surface area contributed by atoms with E-state index in [4.69, 9.17) is 0 Å². The molecule has 16 heavy (non-hydrogen) atoms. The molecule has 1 nitrogen and oxygen atoms in total. The Balaban J connectivity index is 2.70. The Kier molecular flexibility index (Phi) is 3.14. The van der Waals surface area contributed by atoms with Gasteiger partial charge >= 0.3 is 0 Å². The van der Waals surface area contributed by atoms with Gasteiger partial charge in [-0.15, -0.1) is 0 Å². The fourth-order valence-electron chi connectivity index (χ4n) is 2.38. The van der Waals surface area contributed by atoms with Gasteiger partial charge in [-0.2, -0.15) is 0 Å². The van der Waals surface area contributed by atoms with Crippen LogP contribution in [0.1, 0.15) is 42.8 Å². The molecule has 0 spiro atoms. The van der Waals surface area contributed by atoms with Crippen molar-refractivity contribution in [3.05, 3.63) is 40.7 Å². The first-order chi connectivity index (χ1) is 7.79. The Bertz CT molecular complexity index is 470. The van der Waals surface area contributed by atoms with Crippen molar-refractivity contribution in [3.63, 3.8) is 0 Å². The SMILES string of the molecule is CC=Cc1c(CC)c2c(n1C)C=CCC=C2. The predicted octanol–water partition coefficient (Wildman–Crippen LogP) is 4.05.